The average molecular weight is 200 g/mol. The summed E-state index contributed by atoms with van der Waals surface area (Å²) in [6.45, 7) is 2.94. The molecule has 4 heteroatoms. The van der Waals surface area contributed by atoms with Crippen molar-refractivity contribution in [2.75, 3.05) is 20.2 Å². The van der Waals surface area contributed by atoms with Gasteiger partial charge < -0.3 is 15.7 Å². The number of carbonyl (C=O) groups is 1. The van der Waals surface area contributed by atoms with Crippen LogP contribution in [-0.2, 0) is 4.79 Å². The van der Waals surface area contributed by atoms with Crippen LogP contribution in [0.2, 0.25) is 0 Å². The Bertz CT molecular complexity index is 202. The molecular formula is C10H20N2O2. The third-order valence-electron chi connectivity index (χ3n) is 3.02. The van der Waals surface area contributed by atoms with Gasteiger partial charge in [0.25, 0.3) is 0 Å². The fourth-order valence-electron chi connectivity index (χ4n) is 1.61. The van der Waals surface area contributed by atoms with Gasteiger partial charge in [0, 0.05) is 20.2 Å². The minimum atomic E-state index is -0.142. The predicted molar refractivity (Wildman–Crippen MR) is 54.9 cm³/mol. The molecule has 0 aliphatic heterocycles. The van der Waals surface area contributed by atoms with Crippen molar-refractivity contribution in [1.29, 1.82) is 0 Å². The monoisotopic (exact) mass is 200 g/mol. The Balaban J connectivity index is 2.23. The molecular weight excluding hydrogens is 180 g/mol. The fourth-order valence-corrected chi connectivity index (χ4v) is 1.61. The molecule has 82 valence electrons. The highest BCUT2D eigenvalue weighted by Crippen LogP contribution is 2.47. The lowest BCUT2D eigenvalue weighted by molar-refractivity contribution is -0.122. The molecule has 3 N–H and O–H groups in total. The topological polar surface area (TPSA) is 61.4 Å². The van der Waals surface area contributed by atoms with Crippen LogP contribution in [0, 0.1) is 5.41 Å². The van der Waals surface area contributed by atoms with E-state index in [1.54, 1.807) is 7.05 Å². The second-order valence-corrected chi connectivity index (χ2v) is 4.19. The maximum atomic E-state index is 11.2. The number of likely N-dealkylation sites (N-methyl/N-ethyl adjacent to an activating group) is 1. The van der Waals surface area contributed by atoms with Crippen LogP contribution in [0.25, 0.3) is 0 Å². The number of nitrogens with one attached hydrogen (secondary N) is 2. The molecule has 0 spiro atoms. The number of rotatable bonds is 6. The molecule has 1 unspecified atom stereocenters. The number of hydrogen-bond donors (Lipinski definition) is 3. The number of hydrogen-bond acceptors (Lipinski definition) is 3. The summed E-state index contributed by atoms with van der Waals surface area (Å²) in [5.74, 6) is 0.0183. The number of carbonyl (C=O) groups excluding carboxylic acids is 1. The van der Waals surface area contributed by atoms with E-state index in [1.807, 2.05) is 6.92 Å². The van der Waals surface area contributed by atoms with Crippen molar-refractivity contribution < 1.29 is 9.90 Å². The Morgan fingerprint density at radius 1 is 1.57 bits per heavy atom. The van der Waals surface area contributed by atoms with Crippen molar-refractivity contribution in [2.24, 2.45) is 5.41 Å². The van der Waals surface area contributed by atoms with E-state index in [0.29, 0.717) is 0 Å². The molecule has 0 aromatic carbocycles. The van der Waals surface area contributed by atoms with E-state index in [1.165, 1.54) is 12.8 Å². The van der Waals surface area contributed by atoms with Gasteiger partial charge in [0.1, 0.15) is 0 Å². The lowest BCUT2D eigenvalue weighted by atomic mass is 10.0. The van der Waals surface area contributed by atoms with Crippen LogP contribution in [0.1, 0.15) is 26.2 Å². The molecule has 1 amide bonds. The zero-order valence-corrected chi connectivity index (χ0v) is 8.97. The molecule has 0 aromatic rings. The Hall–Kier alpha value is -0.610. The van der Waals surface area contributed by atoms with Crippen molar-refractivity contribution >= 4 is 5.91 Å². The lowest BCUT2D eigenvalue weighted by Crippen LogP contribution is -2.43. The van der Waals surface area contributed by atoms with E-state index in [4.69, 9.17) is 5.11 Å². The minimum absolute atomic E-state index is 0.0183. The van der Waals surface area contributed by atoms with Gasteiger partial charge in [-0.2, -0.15) is 0 Å². The zero-order chi connectivity index (χ0) is 10.6. The third kappa shape index (κ3) is 2.96. The smallest absolute Gasteiger partial charge is 0.236 e. The van der Waals surface area contributed by atoms with Gasteiger partial charge in [-0.3, -0.25) is 4.79 Å². The Kier molecular flexibility index (Phi) is 3.89. The second kappa shape index (κ2) is 4.75. The second-order valence-electron chi connectivity index (χ2n) is 4.19. The van der Waals surface area contributed by atoms with Crippen LogP contribution in [-0.4, -0.2) is 37.3 Å². The summed E-state index contributed by atoms with van der Waals surface area (Å²) in [6, 6.07) is -0.142. The first-order chi connectivity index (χ1) is 6.63. The highest BCUT2D eigenvalue weighted by Gasteiger charge is 2.41. The van der Waals surface area contributed by atoms with Crippen LogP contribution >= 0.6 is 0 Å². The van der Waals surface area contributed by atoms with Crippen molar-refractivity contribution in [3.8, 4) is 0 Å². The maximum Gasteiger partial charge on any atom is 0.236 e. The molecule has 14 heavy (non-hydrogen) atoms. The minimum Gasteiger partial charge on any atom is -0.396 e. The predicted octanol–water partition coefficient (Wildman–Crippen LogP) is -0.127. The third-order valence-corrected chi connectivity index (χ3v) is 3.02. The highest BCUT2D eigenvalue weighted by atomic mass is 16.3. The van der Waals surface area contributed by atoms with Gasteiger partial charge in [-0.1, -0.05) is 0 Å². The molecule has 1 atom stereocenters. The first-order valence-corrected chi connectivity index (χ1v) is 5.19. The molecule has 0 bridgehead atoms. The molecule has 1 fully saturated rings. The Labute approximate surface area is 85.1 Å². The van der Waals surface area contributed by atoms with Crippen molar-refractivity contribution in [3.63, 3.8) is 0 Å². The Morgan fingerprint density at radius 3 is 2.64 bits per heavy atom. The van der Waals surface area contributed by atoms with Crippen molar-refractivity contribution in [2.45, 2.75) is 32.2 Å². The first-order valence-electron chi connectivity index (χ1n) is 5.19. The molecule has 0 radical (unpaired) electrons. The fraction of sp³-hybridized carbons (Fsp3) is 0.900. The van der Waals surface area contributed by atoms with Gasteiger partial charge >= 0.3 is 0 Å². The molecule has 0 saturated heterocycles. The van der Waals surface area contributed by atoms with E-state index in [9.17, 15) is 4.79 Å². The molecule has 1 aliphatic carbocycles. The number of aliphatic hydroxyl groups excluding tert-OH is 1. The van der Waals surface area contributed by atoms with E-state index in [2.05, 4.69) is 10.6 Å². The van der Waals surface area contributed by atoms with Crippen LogP contribution in [0.5, 0.6) is 0 Å². The standard InChI is InChI=1S/C10H20N2O2/c1-8(9(14)11-2)12-7-10(3-4-10)5-6-13/h8,12-13H,3-7H2,1-2H3,(H,11,14). The molecule has 1 aliphatic rings. The highest BCUT2D eigenvalue weighted by molar-refractivity contribution is 5.80. The van der Waals surface area contributed by atoms with E-state index in [0.717, 1.165) is 13.0 Å². The molecule has 0 heterocycles. The summed E-state index contributed by atoms with van der Waals surface area (Å²) in [6.07, 6.45) is 3.18. The Morgan fingerprint density at radius 2 is 2.21 bits per heavy atom. The van der Waals surface area contributed by atoms with Crippen LogP contribution in [0.3, 0.4) is 0 Å². The van der Waals surface area contributed by atoms with Crippen LogP contribution < -0.4 is 10.6 Å². The molecule has 1 rings (SSSR count). The summed E-state index contributed by atoms with van der Waals surface area (Å²) >= 11 is 0. The van der Waals surface area contributed by atoms with Gasteiger partial charge in [-0.05, 0) is 31.6 Å². The van der Waals surface area contributed by atoms with E-state index < -0.39 is 0 Å². The summed E-state index contributed by atoms with van der Waals surface area (Å²) in [5.41, 5.74) is 0.275. The quantitative estimate of drug-likeness (QED) is 0.560. The molecule has 0 aromatic heterocycles. The van der Waals surface area contributed by atoms with Crippen LogP contribution in [0.15, 0.2) is 0 Å². The first kappa shape index (κ1) is 11.5. The van der Waals surface area contributed by atoms with Crippen molar-refractivity contribution in [1.82, 2.24) is 10.6 Å². The SMILES string of the molecule is CNC(=O)C(C)NCC1(CCO)CC1. The largest absolute Gasteiger partial charge is 0.396 e. The molecule has 1 saturated carbocycles. The van der Waals surface area contributed by atoms with Gasteiger partial charge in [-0.15, -0.1) is 0 Å². The van der Waals surface area contributed by atoms with Gasteiger partial charge in [-0.25, -0.2) is 0 Å². The normalized spacial score (nSPS) is 20.2. The number of aliphatic hydroxyl groups is 1. The average Bonchev–Trinajstić information content (AvgIpc) is 2.94. The summed E-state index contributed by atoms with van der Waals surface area (Å²) in [4.78, 5) is 11.2. The summed E-state index contributed by atoms with van der Waals surface area (Å²) in [5, 5.41) is 14.7. The summed E-state index contributed by atoms with van der Waals surface area (Å²) < 4.78 is 0. The molecule has 4 nitrogen and oxygen atoms in total. The van der Waals surface area contributed by atoms with E-state index >= 15 is 0 Å². The van der Waals surface area contributed by atoms with Gasteiger partial charge in [0.05, 0.1) is 6.04 Å². The van der Waals surface area contributed by atoms with Gasteiger partial charge in [0.15, 0.2) is 0 Å². The maximum absolute atomic E-state index is 11.2. The van der Waals surface area contributed by atoms with Gasteiger partial charge in [0.2, 0.25) is 5.91 Å². The van der Waals surface area contributed by atoms with E-state index in [-0.39, 0.29) is 24.0 Å². The zero-order valence-electron chi connectivity index (χ0n) is 8.97. The number of amides is 1. The van der Waals surface area contributed by atoms with Crippen LogP contribution in [0.4, 0.5) is 0 Å². The summed E-state index contributed by atoms with van der Waals surface area (Å²) in [7, 11) is 1.64. The van der Waals surface area contributed by atoms with Crippen molar-refractivity contribution in [3.05, 3.63) is 0 Å². The lowest BCUT2D eigenvalue weighted by Gasteiger charge is -2.18.